The number of aromatic carboxylic acids is 1. The first-order chi connectivity index (χ1) is 7.19. The second-order valence-electron chi connectivity index (χ2n) is 2.88. The van der Waals surface area contributed by atoms with E-state index in [1.54, 1.807) is 12.3 Å². The number of carbonyl (C=O) groups is 1. The summed E-state index contributed by atoms with van der Waals surface area (Å²) in [6, 6.07) is 0. The number of hydrogen-bond acceptors (Lipinski definition) is 2. The molecule has 80 valence electrons. The van der Waals surface area contributed by atoms with E-state index in [0.29, 0.717) is 18.4 Å². The Balaban J connectivity index is 2.99. The molecule has 0 aliphatic carbocycles. The molecule has 0 radical (unpaired) electrons. The van der Waals surface area contributed by atoms with Gasteiger partial charge >= 0.3 is 5.97 Å². The lowest BCUT2D eigenvalue weighted by atomic mass is 10.2. The fourth-order valence-electron chi connectivity index (χ4n) is 1.19. The first-order valence-electron chi connectivity index (χ1n) is 4.34. The minimum atomic E-state index is -1.11. The van der Waals surface area contributed by atoms with Crippen LogP contribution in [0.2, 0.25) is 0 Å². The normalized spacial score (nSPS) is 10.7. The number of halogens is 1. The maximum absolute atomic E-state index is 11.8. The van der Waals surface area contributed by atoms with Gasteiger partial charge in [-0.25, -0.2) is 9.18 Å². The van der Waals surface area contributed by atoms with Gasteiger partial charge in [0.15, 0.2) is 5.69 Å². The number of carboxylic acids is 1. The van der Waals surface area contributed by atoms with Gasteiger partial charge in [0.05, 0.1) is 12.9 Å². The van der Waals surface area contributed by atoms with Crippen LogP contribution in [0.3, 0.4) is 0 Å². The van der Waals surface area contributed by atoms with Gasteiger partial charge in [-0.2, -0.15) is 5.10 Å². The van der Waals surface area contributed by atoms with E-state index in [9.17, 15) is 9.18 Å². The lowest BCUT2D eigenvalue weighted by Crippen LogP contribution is -2.02. The summed E-state index contributed by atoms with van der Waals surface area (Å²) in [6.45, 7) is 3.95. The van der Waals surface area contributed by atoms with Gasteiger partial charge in [0.2, 0.25) is 0 Å². The standard InChI is InChI=1S/C10H11FN2O2/c1-2-6-13-7-8(4-3-5-11)9(12-13)10(14)15/h2-3,5,7H,1,4,6H2,(H,14,15). The number of allylic oxidation sites excluding steroid dienone is 2. The molecule has 1 aromatic heterocycles. The minimum Gasteiger partial charge on any atom is -0.476 e. The highest BCUT2D eigenvalue weighted by atomic mass is 19.1. The van der Waals surface area contributed by atoms with E-state index in [4.69, 9.17) is 5.11 Å². The molecule has 0 bridgehead atoms. The first kappa shape index (κ1) is 11.2. The highest BCUT2D eigenvalue weighted by Gasteiger charge is 2.13. The summed E-state index contributed by atoms with van der Waals surface area (Å²) in [5, 5.41) is 12.7. The van der Waals surface area contributed by atoms with Gasteiger partial charge in [0, 0.05) is 11.8 Å². The Labute approximate surface area is 86.3 Å². The number of nitrogens with zero attached hydrogens (tertiary/aromatic N) is 2. The molecule has 0 unspecified atom stereocenters. The predicted molar refractivity (Wildman–Crippen MR) is 53.3 cm³/mol. The Morgan fingerprint density at radius 1 is 1.73 bits per heavy atom. The summed E-state index contributed by atoms with van der Waals surface area (Å²) in [4.78, 5) is 10.8. The van der Waals surface area contributed by atoms with Crippen LogP contribution in [0.15, 0.2) is 31.3 Å². The second-order valence-corrected chi connectivity index (χ2v) is 2.88. The molecular formula is C10H11FN2O2. The molecule has 0 aliphatic rings. The van der Waals surface area contributed by atoms with E-state index < -0.39 is 5.97 Å². The zero-order valence-corrected chi connectivity index (χ0v) is 8.06. The molecule has 0 saturated heterocycles. The van der Waals surface area contributed by atoms with Gasteiger partial charge in [-0.15, -0.1) is 6.58 Å². The average molecular weight is 210 g/mol. The number of carboxylic acid groups (broad SMARTS) is 1. The molecule has 0 aromatic carbocycles. The molecule has 4 nitrogen and oxygen atoms in total. The van der Waals surface area contributed by atoms with E-state index in [1.165, 1.54) is 10.8 Å². The predicted octanol–water partition coefficient (Wildman–Crippen LogP) is 1.79. The van der Waals surface area contributed by atoms with E-state index in [0.717, 1.165) is 0 Å². The molecular weight excluding hydrogens is 199 g/mol. The van der Waals surface area contributed by atoms with E-state index in [-0.39, 0.29) is 12.1 Å². The largest absolute Gasteiger partial charge is 0.476 e. The second kappa shape index (κ2) is 5.09. The third-order valence-electron chi connectivity index (χ3n) is 1.78. The SMILES string of the molecule is C=CCn1cc(CC=CF)c(C(=O)O)n1. The quantitative estimate of drug-likeness (QED) is 0.754. The molecule has 0 atom stereocenters. The molecule has 5 heteroatoms. The topological polar surface area (TPSA) is 55.1 Å². The Morgan fingerprint density at radius 2 is 2.47 bits per heavy atom. The van der Waals surface area contributed by atoms with Gasteiger partial charge in [0.1, 0.15) is 0 Å². The maximum Gasteiger partial charge on any atom is 0.356 e. The smallest absolute Gasteiger partial charge is 0.356 e. The zero-order chi connectivity index (χ0) is 11.3. The van der Waals surface area contributed by atoms with Gasteiger partial charge in [-0.3, -0.25) is 4.68 Å². The van der Waals surface area contributed by atoms with Crippen LogP contribution in [0.1, 0.15) is 16.1 Å². The van der Waals surface area contributed by atoms with Gasteiger partial charge in [-0.05, 0) is 6.42 Å². The van der Waals surface area contributed by atoms with Crippen molar-refractivity contribution in [1.82, 2.24) is 9.78 Å². The first-order valence-corrected chi connectivity index (χ1v) is 4.34. The van der Waals surface area contributed by atoms with E-state index in [2.05, 4.69) is 11.7 Å². The van der Waals surface area contributed by atoms with E-state index in [1.807, 2.05) is 0 Å². The summed E-state index contributed by atoms with van der Waals surface area (Å²) < 4.78 is 13.3. The monoisotopic (exact) mass is 210 g/mol. The van der Waals surface area contributed by atoms with E-state index >= 15 is 0 Å². The Hall–Kier alpha value is -1.91. The third kappa shape index (κ3) is 2.77. The zero-order valence-electron chi connectivity index (χ0n) is 8.06. The van der Waals surface area contributed by atoms with Gasteiger partial charge in [-0.1, -0.05) is 12.2 Å². The van der Waals surface area contributed by atoms with Crippen molar-refractivity contribution in [3.05, 3.63) is 42.5 Å². The molecule has 0 amide bonds. The molecule has 0 saturated carbocycles. The van der Waals surface area contributed by atoms with Crippen LogP contribution in [-0.2, 0) is 13.0 Å². The molecule has 0 fully saturated rings. The highest BCUT2D eigenvalue weighted by Crippen LogP contribution is 2.09. The summed E-state index contributed by atoms with van der Waals surface area (Å²) in [7, 11) is 0. The van der Waals surface area contributed by atoms with Crippen LogP contribution < -0.4 is 0 Å². The Kier molecular flexibility index (Phi) is 3.79. The summed E-state index contributed by atoms with van der Waals surface area (Å²) in [5.41, 5.74) is 0.438. The van der Waals surface area contributed by atoms with Crippen molar-refractivity contribution in [2.75, 3.05) is 0 Å². The highest BCUT2D eigenvalue weighted by molar-refractivity contribution is 5.87. The van der Waals surface area contributed by atoms with Crippen molar-refractivity contribution in [1.29, 1.82) is 0 Å². The van der Waals surface area contributed by atoms with Crippen molar-refractivity contribution < 1.29 is 14.3 Å². The molecule has 0 aliphatic heterocycles. The fourth-order valence-corrected chi connectivity index (χ4v) is 1.19. The van der Waals surface area contributed by atoms with Crippen LogP contribution in [0.5, 0.6) is 0 Å². The van der Waals surface area contributed by atoms with Crippen LogP contribution in [0, 0.1) is 0 Å². The van der Waals surface area contributed by atoms with Crippen molar-refractivity contribution >= 4 is 5.97 Å². The Bertz CT molecular complexity index is 396. The lowest BCUT2D eigenvalue weighted by Gasteiger charge is -1.91. The van der Waals surface area contributed by atoms with Crippen molar-refractivity contribution in [2.45, 2.75) is 13.0 Å². The summed E-state index contributed by atoms with van der Waals surface area (Å²) >= 11 is 0. The molecule has 0 spiro atoms. The van der Waals surface area contributed by atoms with Crippen LogP contribution >= 0.6 is 0 Å². The molecule has 1 aromatic rings. The summed E-state index contributed by atoms with van der Waals surface area (Å²) in [6.07, 6.45) is 5.02. The van der Waals surface area contributed by atoms with Crippen LogP contribution in [-0.4, -0.2) is 20.9 Å². The van der Waals surface area contributed by atoms with Crippen molar-refractivity contribution in [3.8, 4) is 0 Å². The van der Waals surface area contributed by atoms with Crippen molar-refractivity contribution in [3.63, 3.8) is 0 Å². The average Bonchev–Trinajstić information content (AvgIpc) is 2.59. The Morgan fingerprint density at radius 3 is 3.00 bits per heavy atom. The molecule has 1 heterocycles. The van der Waals surface area contributed by atoms with Crippen LogP contribution in [0.4, 0.5) is 4.39 Å². The molecule has 15 heavy (non-hydrogen) atoms. The maximum atomic E-state index is 11.8. The van der Waals surface area contributed by atoms with Gasteiger partial charge < -0.3 is 5.11 Å². The molecule has 1 rings (SSSR count). The van der Waals surface area contributed by atoms with Crippen LogP contribution in [0.25, 0.3) is 0 Å². The molecule has 1 N–H and O–H groups in total. The lowest BCUT2D eigenvalue weighted by molar-refractivity contribution is 0.0688. The minimum absolute atomic E-state index is 0.0463. The number of aromatic nitrogens is 2. The number of hydrogen-bond donors (Lipinski definition) is 1. The van der Waals surface area contributed by atoms with Crippen molar-refractivity contribution in [2.24, 2.45) is 0 Å². The fraction of sp³-hybridized carbons (Fsp3) is 0.200. The van der Waals surface area contributed by atoms with Gasteiger partial charge in [0.25, 0.3) is 0 Å². The number of rotatable bonds is 5. The summed E-state index contributed by atoms with van der Waals surface area (Å²) in [5.74, 6) is -1.11. The third-order valence-corrected chi connectivity index (χ3v) is 1.78.